The Morgan fingerprint density at radius 2 is 1.61 bits per heavy atom. The summed E-state index contributed by atoms with van der Waals surface area (Å²) in [6, 6.07) is 13.2. The predicted octanol–water partition coefficient (Wildman–Crippen LogP) is 1.55. The van der Waals surface area contributed by atoms with Crippen LogP contribution in [0.4, 0.5) is 12.9 Å². The minimum atomic E-state index is -4.69. The zero-order valence-corrected chi connectivity index (χ0v) is 13.2. The molecule has 0 amide bonds. The van der Waals surface area contributed by atoms with Gasteiger partial charge in [-0.2, -0.15) is 0 Å². The monoisotopic (exact) mass is 274 g/mol. The van der Waals surface area contributed by atoms with Gasteiger partial charge in [0.15, 0.2) is 0 Å². The predicted molar refractivity (Wildman–Crippen MR) is 64.1 cm³/mol. The maximum absolute atomic E-state index is 12.6. The molecule has 0 radical (unpaired) electrons. The van der Waals surface area contributed by atoms with E-state index in [0.29, 0.717) is 0 Å². The van der Waals surface area contributed by atoms with Gasteiger partial charge in [-0.3, -0.25) is 0 Å². The number of hydrogen-bond acceptors (Lipinski definition) is 0. The molecule has 0 spiro atoms. The topological polar surface area (TPSA) is 0 Å². The van der Waals surface area contributed by atoms with Crippen molar-refractivity contribution in [2.75, 3.05) is 0 Å². The van der Waals surface area contributed by atoms with Crippen LogP contribution < -0.4 is 51.4 Å². The summed E-state index contributed by atoms with van der Waals surface area (Å²) in [5.41, 5.74) is 0.854. The van der Waals surface area contributed by atoms with E-state index in [9.17, 15) is 12.9 Å². The summed E-state index contributed by atoms with van der Waals surface area (Å²) in [5.74, 6) is -1.40. The van der Waals surface area contributed by atoms with E-state index in [1.54, 1.807) is 0 Å². The van der Waals surface area contributed by atoms with Gasteiger partial charge < -0.3 is 12.9 Å². The van der Waals surface area contributed by atoms with E-state index in [1.165, 1.54) is 0 Å². The summed E-state index contributed by atoms with van der Waals surface area (Å²) in [4.78, 5) is 0. The van der Waals surface area contributed by atoms with E-state index in [4.69, 9.17) is 0 Å². The minimum absolute atomic E-state index is 0. The standard InChI is InChI=1S/C13H11BF3.K/c15-14(16,17)13-8-12(13)11-7-3-5-9-4-1-2-6-10(9)11;/h1-7,12-13H,8H2;/q-1;+1/t12-,13+;/m0./s1. The van der Waals surface area contributed by atoms with Crippen molar-refractivity contribution in [2.24, 2.45) is 0 Å². The average Bonchev–Trinajstić information content (AvgIpc) is 3.07. The smallest absolute Gasteiger partial charge is 0.449 e. The molecule has 88 valence electrons. The molecule has 0 aliphatic heterocycles. The van der Waals surface area contributed by atoms with Crippen molar-refractivity contribution in [3.05, 3.63) is 48.0 Å². The quantitative estimate of drug-likeness (QED) is 0.729. The zero-order chi connectivity index (χ0) is 12.0. The Morgan fingerprint density at radius 1 is 0.944 bits per heavy atom. The summed E-state index contributed by atoms with van der Waals surface area (Å²) in [7, 11) is 0. The normalized spacial score (nSPS) is 22.6. The maximum Gasteiger partial charge on any atom is 1.00 e. The summed E-state index contributed by atoms with van der Waals surface area (Å²) in [6.45, 7) is -4.69. The van der Waals surface area contributed by atoms with Gasteiger partial charge in [-0.05, 0) is 22.3 Å². The number of benzene rings is 2. The van der Waals surface area contributed by atoms with Crippen molar-refractivity contribution in [1.82, 2.24) is 0 Å². The minimum Gasteiger partial charge on any atom is -0.449 e. The van der Waals surface area contributed by atoms with Gasteiger partial charge in [-0.25, -0.2) is 0 Å². The number of fused-ring (bicyclic) bond motifs is 1. The molecule has 3 rings (SSSR count). The van der Waals surface area contributed by atoms with Crippen molar-refractivity contribution in [3.63, 3.8) is 0 Å². The van der Waals surface area contributed by atoms with Gasteiger partial charge in [0.25, 0.3) is 0 Å². The molecule has 0 unspecified atom stereocenters. The first-order valence-electron chi connectivity index (χ1n) is 5.75. The first-order chi connectivity index (χ1) is 8.07. The van der Waals surface area contributed by atoms with Crippen LogP contribution in [0.1, 0.15) is 17.9 Å². The molecular formula is C13H11BF3K. The summed E-state index contributed by atoms with van der Waals surface area (Å²) >= 11 is 0. The van der Waals surface area contributed by atoms with E-state index in [0.717, 1.165) is 16.3 Å². The Kier molecular flexibility index (Phi) is 4.29. The van der Waals surface area contributed by atoms with E-state index in [1.807, 2.05) is 42.5 Å². The third kappa shape index (κ3) is 2.70. The Morgan fingerprint density at radius 3 is 2.28 bits per heavy atom. The van der Waals surface area contributed by atoms with Gasteiger partial charge in [-0.1, -0.05) is 54.7 Å². The molecule has 1 saturated carbocycles. The Balaban J connectivity index is 0.00000120. The molecule has 18 heavy (non-hydrogen) atoms. The third-order valence-corrected chi connectivity index (χ3v) is 3.55. The molecule has 0 bridgehead atoms. The van der Waals surface area contributed by atoms with Gasteiger partial charge >= 0.3 is 58.4 Å². The van der Waals surface area contributed by atoms with E-state index in [-0.39, 0.29) is 63.7 Å². The summed E-state index contributed by atoms with van der Waals surface area (Å²) < 4.78 is 37.9. The molecule has 2 aromatic carbocycles. The molecule has 1 aliphatic rings. The van der Waals surface area contributed by atoms with E-state index < -0.39 is 12.8 Å². The van der Waals surface area contributed by atoms with Crippen molar-refractivity contribution >= 4 is 17.7 Å². The van der Waals surface area contributed by atoms with E-state index in [2.05, 4.69) is 0 Å². The van der Waals surface area contributed by atoms with Gasteiger partial charge in [-0.15, -0.1) is 0 Å². The SMILES string of the molecule is F[B-](F)(F)[C@@H]1C[C@H]1c1cccc2ccccc12.[K+]. The molecular weight excluding hydrogens is 263 g/mol. The van der Waals surface area contributed by atoms with Crippen LogP contribution >= 0.6 is 0 Å². The van der Waals surface area contributed by atoms with Crippen LogP contribution in [0, 0.1) is 0 Å². The molecule has 2 aromatic rings. The van der Waals surface area contributed by atoms with Crippen molar-refractivity contribution in [3.8, 4) is 0 Å². The Labute approximate surface area is 146 Å². The second-order valence-corrected chi connectivity index (χ2v) is 4.70. The first-order valence-corrected chi connectivity index (χ1v) is 5.75. The van der Waals surface area contributed by atoms with Gasteiger partial charge in [0, 0.05) is 0 Å². The largest absolute Gasteiger partial charge is 1.00 e. The Bertz CT molecular complexity index is 562. The van der Waals surface area contributed by atoms with Crippen LogP contribution in [0.5, 0.6) is 0 Å². The fraction of sp³-hybridized carbons (Fsp3) is 0.231. The molecule has 1 fully saturated rings. The van der Waals surface area contributed by atoms with Crippen LogP contribution in [0.3, 0.4) is 0 Å². The fourth-order valence-corrected chi connectivity index (χ4v) is 2.56. The number of hydrogen-bond donors (Lipinski definition) is 0. The van der Waals surface area contributed by atoms with E-state index >= 15 is 0 Å². The molecule has 0 saturated heterocycles. The van der Waals surface area contributed by atoms with Crippen LogP contribution in [0.15, 0.2) is 42.5 Å². The summed E-state index contributed by atoms with van der Waals surface area (Å²) in [6.07, 6.45) is 0.261. The van der Waals surface area contributed by atoms with Crippen LogP contribution in [-0.2, 0) is 0 Å². The van der Waals surface area contributed by atoms with Gasteiger partial charge in [0.05, 0.1) is 0 Å². The van der Waals surface area contributed by atoms with Crippen LogP contribution in [0.25, 0.3) is 10.8 Å². The molecule has 0 nitrogen and oxygen atoms in total. The molecule has 2 atom stereocenters. The second-order valence-electron chi connectivity index (χ2n) is 4.70. The molecule has 0 N–H and O–H groups in total. The molecule has 1 aliphatic carbocycles. The summed E-state index contributed by atoms with van der Waals surface area (Å²) in [5, 5.41) is 1.98. The number of halogens is 3. The van der Waals surface area contributed by atoms with Crippen LogP contribution in [0.2, 0.25) is 5.82 Å². The first kappa shape index (κ1) is 14.6. The fourth-order valence-electron chi connectivity index (χ4n) is 2.56. The molecule has 0 heterocycles. The number of rotatable bonds is 2. The average molecular weight is 274 g/mol. The van der Waals surface area contributed by atoms with Gasteiger partial charge in [0.2, 0.25) is 0 Å². The second kappa shape index (κ2) is 5.29. The zero-order valence-electron chi connectivity index (χ0n) is 10.1. The van der Waals surface area contributed by atoms with Crippen LogP contribution in [-0.4, -0.2) is 6.98 Å². The Hall–Kier alpha value is 0.191. The molecule has 5 heteroatoms. The molecule has 0 aromatic heterocycles. The van der Waals surface area contributed by atoms with Crippen molar-refractivity contribution in [2.45, 2.75) is 18.2 Å². The van der Waals surface area contributed by atoms with Crippen molar-refractivity contribution in [1.29, 1.82) is 0 Å². The maximum atomic E-state index is 12.6. The van der Waals surface area contributed by atoms with Gasteiger partial charge in [0.1, 0.15) is 0 Å². The third-order valence-electron chi connectivity index (χ3n) is 3.55. The van der Waals surface area contributed by atoms with Crippen molar-refractivity contribution < 1.29 is 64.3 Å².